The van der Waals surface area contributed by atoms with E-state index in [1.807, 2.05) is 0 Å². The molecule has 0 fully saturated rings. The van der Waals surface area contributed by atoms with Crippen LogP contribution < -0.4 is 20.9 Å². The van der Waals surface area contributed by atoms with Crippen LogP contribution in [0.15, 0.2) is 48.8 Å². The van der Waals surface area contributed by atoms with Gasteiger partial charge >= 0.3 is 5.69 Å². The maximum absolute atomic E-state index is 12.4. The molecular formula is C19H17ClN6O4. The van der Waals surface area contributed by atoms with E-state index in [4.69, 9.17) is 16.3 Å². The normalized spacial score (nSPS) is 10.2. The van der Waals surface area contributed by atoms with Crippen molar-refractivity contribution in [3.63, 3.8) is 0 Å². The molecule has 3 aromatic rings. The molecule has 0 aliphatic rings. The minimum Gasteiger partial charge on any atom is -0.495 e. The maximum Gasteiger partial charge on any atom is 0.355 e. The minimum absolute atomic E-state index is 0.108. The van der Waals surface area contributed by atoms with E-state index in [0.717, 1.165) is 11.9 Å². The van der Waals surface area contributed by atoms with Gasteiger partial charge in [-0.25, -0.2) is 9.97 Å². The summed E-state index contributed by atoms with van der Waals surface area (Å²) < 4.78 is 5.24. The van der Waals surface area contributed by atoms with E-state index in [1.165, 1.54) is 7.11 Å². The molecule has 154 valence electrons. The van der Waals surface area contributed by atoms with Crippen LogP contribution in [0.1, 0.15) is 15.9 Å². The zero-order valence-electron chi connectivity index (χ0n) is 16.0. The Balaban J connectivity index is 1.88. The molecule has 2 aromatic carbocycles. The third-order valence-electron chi connectivity index (χ3n) is 4.10. The van der Waals surface area contributed by atoms with Gasteiger partial charge in [-0.05, 0) is 36.8 Å². The van der Waals surface area contributed by atoms with Crippen LogP contribution in [0.2, 0.25) is 5.02 Å². The summed E-state index contributed by atoms with van der Waals surface area (Å²) in [6.45, 7) is 1.78. The van der Waals surface area contributed by atoms with Crippen LogP contribution in [-0.2, 0) is 0 Å². The van der Waals surface area contributed by atoms with Crippen LogP contribution in [0.25, 0.3) is 0 Å². The van der Waals surface area contributed by atoms with Crippen LogP contribution in [0.5, 0.6) is 5.75 Å². The molecule has 0 atom stereocenters. The zero-order chi connectivity index (χ0) is 21.7. The lowest BCUT2D eigenvalue weighted by Crippen LogP contribution is -2.30. The monoisotopic (exact) mass is 428 g/mol. The standard InChI is InChI=1S/C19H17ClN6O4/c1-11-5-3-4-6-13(11)19(27)25-24-18-16(26(28)29)17(21-10-22-18)23-14-9-12(20)7-8-15(14)30-2/h3-10H,1-2H3,(H,25,27)(H2,21,22,23,24). The van der Waals surface area contributed by atoms with Crippen LogP contribution in [0.3, 0.4) is 0 Å². The molecule has 11 heteroatoms. The molecule has 1 aromatic heterocycles. The summed E-state index contributed by atoms with van der Waals surface area (Å²) in [5.74, 6) is -0.356. The fourth-order valence-electron chi connectivity index (χ4n) is 2.65. The van der Waals surface area contributed by atoms with E-state index in [2.05, 4.69) is 26.1 Å². The number of benzene rings is 2. The van der Waals surface area contributed by atoms with E-state index in [-0.39, 0.29) is 11.6 Å². The van der Waals surface area contributed by atoms with Crippen molar-refractivity contribution in [2.45, 2.75) is 6.92 Å². The summed E-state index contributed by atoms with van der Waals surface area (Å²) in [7, 11) is 1.46. The summed E-state index contributed by atoms with van der Waals surface area (Å²) >= 11 is 6.01. The van der Waals surface area contributed by atoms with Crippen molar-refractivity contribution in [1.29, 1.82) is 0 Å². The molecule has 0 radical (unpaired) electrons. The number of nitrogens with one attached hydrogen (secondary N) is 3. The number of ether oxygens (including phenoxy) is 1. The minimum atomic E-state index is -0.665. The highest BCUT2D eigenvalue weighted by Crippen LogP contribution is 2.35. The molecule has 0 saturated heterocycles. The maximum atomic E-state index is 12.4. The number of carbonyl (C=O) groups excluding carboxylic acids is 1. The lowest BCUT2D eigenvalue weighted by molar-refractivity contribution is -0.383. The summed E-state index contributed by atoms with van der Waals surface area (Å²) in [5.41, 5.74) is 6.00. The van der Waals surface area contributed by atoms with Crippen molar-refractivity contribution in [2.75, 3.05) is 17.9 Å². The van der Waals surface area contributed by atoms with Crippen molar-refractivity contribution in [3.8, 4) is 5.75 Å². The van der Waals surface area contributed by atoms with Gasteiger partial charge in [0.2, 0.25) is 11.6 Å². The third-order valence-corrected chi connectivity index (χ3v) is 4.34. The van der Waals surface area contributed by atoms with Gasteiger partial charge in [0.15, 0.2) is 0 Å². The third kappa shape index (κ3) is 4.55. The molecule has 3 N–H and O–H groups in total. The highest BCUT2D eigenvalue weighted by molar-refractivity contribution is 6.31. The number of hydrogen-bond donors (Lipinski definition) is 3. The van der Waals surface area contributed by atoms with E-state index in [1.54, 1.807) is 49.4 Å². The molecule has 0 aliphatic carbocycles. The Morgan fingerprint density at radius 2 is 1.90 bits per heavy atom. The number of hydrogen-bond acceptors (Lipinski definition) is 8. The average molecular weight is 429 g/mol. The summed E-state index contributed by atoms with van der Waals surface area (Å²) in [5, 5.41) is 14.9. The number of amides is 1. The van der Waals surface area contributed by atoms with Crippen LogP contribution in [0, 0.1) is 17.0 Å². The first-order valence-corrected chi connectivity index (χ1v) is 9.00. The second kappa shape index (κ2) is 9.05. The fourth-order valence-corrected chi connectivity index (χ4v) is 2.82. The van der Waals surface area contributed by atoms with Gasteiger partial charge < -0.3 is 10.1 Å². The Kier molecular flexibility index (Phi) is 6.28. The molecule has 0 aliphatic heterocycles. The van der Waals surface area contributed by atoms with E-state index >= 15 is 0 Å². The van der Waals surface area contributed by atoms with E-state index in [9.17, 15) is 14.9 Å². The van der Waals surface area contributed by atoms with Crippen LogP contribution in [0.4, 0.5) is 23.0 Å². The average Bonchev–Trinajstić information content (AvgIpc) is 2.72. The number of carbonyl (C=O) groups is 1. The van der Waals surface area contributed by atoms with Gasteiger partial charge in [-0.1, -0.05) is 29.8 Å². The van der Waals surface area contributed by atoms with Crippen molar-refractivity contribution in [1.82, 2.24) is 15.4 Å². The number of aryl methyl sites for hydroxylation is 1. The number of nitro groups is 1. The number of halogens is 1. The number of nitrogens with zero attached hydrogens (tertiary/aromatic N) is 3. The van der Waals surface area contributed by atoms with Crippen LogP contribution >= 0.6 is 11.6 Å². The van der Waals surface area contributed by atoms with Gasteiger partial charge in [0.05, 0.1) is 17.7 Å². The van der Waals surface area contributed by atoms with Gasteiger partial charge in [-0.15, -0.1) is 0 Å². The fraction of sp³-hybridized carbons (Fsp3) is 0.105. The van der Waals surface area contributed by atoms with Gasteiger partial charge in [-0.2, -0.15) is 0 Å². The van der Waals surface area contributed by atoms with Gasteiger partial charge in [0, 0.05) is 10.6 Å². The van der Waals surface area contributed by atoms with E-state index in [0.29, 0.717) is 22.0 Å². The predicted molar refractivity (Wildman–Crippen MR) is 112 cm³/mol. The Bertz CT molecular complexity index is 1110. The van der Waals surface area contributed by atoms with Gasteiger partial charge in [-0.3, -0.25) is 25.8 Å². The molecule has 0 spiro atoms. The molecule has 0 unspecified atom stereocenters. The number of hydrazine groups is 1. The number of rotatable bonds is 7. The number of methoxy groups -OCH3 is 1. The quantitative estimate of drug-likeness (QED) is 0.382. The highest BCUT2D eigenvalue weighted by Gasteiger charge is 2.24. The molecule has 0 saturated carbocycles. The summed E-state index contributed by atoms with van der Waals surface area (Å²) in [4.78, 5) is 31.2. The number of anilines is 3. The Labute approximate surface area is 176 Å². The first-order valence-electron chi connectivity index (χ1n) is 8.62. The van der Waals surface area contributed by atoms with Crippen molar-refractivity contribution in [2.24, 2.45) is 0 Å². The SMILES string of the molecule is COc1ccc(Cl)cc1Nc1ncnc(NNC(=O)c2ccccc2C)c1[N+](=O)[O-]. The van der Waals surface area contributed by atoms with Gasteiger partial charge in [0.1, 0.15) is 12.1 Å². The van der Waals surface area contributed by atoms with Crippen LogP contribution in [-0.4, -0.2) is 27.9 Å². The van der Waals surface area contributed by atoms with E-state index < -0.39 is 16.5 Å². The molecule has 1 heterocycles. The molecule has 10 nitrogen and oxygen atoms in total. The first kappa shape index (κ1) is 20.8. The largest absolute Gasteiger partial charge is 0.495 e. The Morgan fingerprint density at radius 3 is 2.60 bits per heavy atom. The van der Waals surface area contributed by atoms with Gasteiger partial charge in [0.25, 0.3) is 5.91 Å². The summed E-state index contributed by atoms with van der Waals surface area (Å²) in [6.07, 6.45) is 1.12. The van der Waals surface area contributed by atoms with Crippen molar-refractivity contribution in [3.05, 3.63) is 75.1 Å². The molecule has 3 rings (SSSR count). The Morgan fingerprint density at radius 1 is 1.17 bits per heavy atom. The molecule has 1 amide bonds. The molecular weight excluding hydrogens is 412 g/mol. The zero-order valence-corrected chi connectivity index (χ0v) is 16.7. The molecule has 0 bridgehead atoms. The second-order valence-corrected chi connectivity index (χ2v) is 6.48. The lowest BCUT2D eigenvalue weighted by atomic mass is 10.1. The van der Waals surface area contributed by atoms with Crippen molar-refractivity contribution < 1.29 is 14.5 Å². The first-order chi connectivity index (χ1) is 14.4. The number of aromatic nitrogens is 2. The van der Waals surface area contributed by atoms with Crippen molar-refractivity contribution >= 4 is 40.5 Å². The highest BCUT2D eigenvalue weighted by atomic mass is 35.5. The summed E-state index contributed by atoms with van der Waals surface area (Å²) in [6, 6.07) is 11.7. The lowest BCUT2D eigenvalue weighted by Gasteiger charge is -2.13. The second-order valence-electron chi connectivity index (χ2n) is 6.04. The topological polar surface area (TPSA) is 131 Å². The Hall–Kier alpha value is -3.92. The predicted octanol–water partition coefficient (Wildman–Crippen LogP) is 3.86. The smallest absolute Gasteiger partial charge is 0.355 e. The molecule has 30 heavy (non-hydrogen) atoms.